The van der Waals surface area contributed by atoms with Gasteiger partial charge in [0, 0.05) is 31.7 Å². The van der Waals surface area contributed by atoms with Gasteiger partial charge >= 0.3 is 0 Å². The van der Waals surface area contributed by atoms with Gasteiger partial charge in [-0.25, -0.2) is 0 Å². The largest absolute Gasteiger partial charge is 0.503 e. The number of benzene rings is 1. The number of aliphatic hydroxyl groups excluding tert-OH is 1. The van der Waals surface area contributed by atoms with Crippen LogP contribution in [-0.4, -0.2) is 80.2 Å². The second kappa shape index (κ2) is 10.1. The molecule has 1 atom stereocenters. The highest BCUT2D eigenvalue weighted by Gasteiger charge is 2.45. The molecule has 9 nitrogen and oxygen atoms in total. The van der Waals surface area contributed by atoms with Crippen LogP contribution in [0.2, 0.25) is 0 Å². The third-order valence-corrected chi connectivity index (χ3v) is 6.00. The number of carbonyl (C=O) groups is 2. The summed E-state index contributed by atoms with van der Waals surface area (Å²) in [6.45, 7) is 4.18. The van der Waals surface area contributed by atoms with Gasteiger partial charge in [0.1, 0.15) is 11.5 Å². The summed E-state index contributed by atoms with van der Waals surface area (Å²) in [5.41, 5.74) is 0.517. The molecule has 0 radical (unpaired) electrons. The third kappa shape index (κ3) is 4.60. The zero-order valence-electron chi connectivity index (χ0n) is 18.8. The molecular weight excluding hydrogens is 428 g/mol. The molecule has 2 aliphatic rings. The molecule has 2 aliphatic heterocycles. The van der Waals surface area contributed by atoms with Crippen LogP contribution in [0.5, 0.6) is 11.5 Å². The maximum absolute atomic E-state index is 13.3. The first-order valence-corrected chi connectivity index (χ1v) is 10.9. The lowest BCUT2D eigenvalue weighted by Gasteiger charge is -2.30. The number of ether oxygens (including phenoxy) is 3. The zero-order valence-corrected chi connectivity index (χ0v) is 18.8. The van der Waals surface area contributed by atoms with Crippen molar-refractivity contribution in [1.82, 2.24) is 9.80 Å². The Morgan fingerprint density at radius 1 is 1.15 bits per heavy atom. The van der Waals surface area contributed by atoms with Crippen molar-refractivity contribution in [3.05, 3.63) is 59.3 Å². The van der Waals surface area contributed by atoms with E-state index in [4.69, 9.17) is 18.6 Å². The first-order chi connectivity index (χ1) is 16.0. The number of rotatable bonds is 9. The van der Waals surface area contributed by atoms with Gasteiger partial charge in [-0.3, -0.25) is 14.5 Å². The van der Waals surface area contributed by atoms with Crippen molar-refractivity contribution < 1.29 is 33.3 Å². The van der Waals surface area contributed by atoms with Crippen LogP contribution >= 0.6 is 0 Å². The van der Waals surface area contributed by atoms with E-state index in [0.29, 0.717) is 43.2 Å². The second-order valence-electron chi connectivity index (χ2n) is 7.89. The molecule has 1 aromatic heterocycles. The summed E-state index contributed by atoms with van der Waals surface area (Å²) in [5, 5.41) is 10.8. The molecule has 176 valence electrons. The Balaban J connectivity index is 1.68. The van der Waals surface area contributed by atoms with Crippen LogP contribution in [0.3, 0.4) is 0 Å². The number of morpholine rings is 1. The second-order valence-corrected chi connectivity index (χ2v) is 7.89. The summed E-state index contributed by atoms with van der Waals surface area (Å²) < 4.78 is 21.6. The molecule has 0 saturated carbocycles. The van der Waals surface area contributed by atoms with E-state index in [0.717, 1.165) is 19.6 Å². The molecule has 1 N–H and O–H groups in total. The van der Waals surface area contributed by atoms with Crippen molar-refractivity contribution in [2.45, 2.75) is 12.5 Å². The molecule has 33 heavy (non-hydrogen) atoms. The molecule has 0 spiro atoms. The van der Waals surface area contributed by atoms with E-state index in [1.807, 2.05) is 0 Å². The highest BCUT2D eigenvalue weighted by molar-refractivity contribution is 6.15. The van der Waals surface area contributed by atoms with Gasteiger partial charge in [0.25, 0.3) is 5.91 Å². The average Bonchev–Trinajstić information content (AvgIpc) is 3.47. The standard InChI is InChI=1S/C24H28N2O7/c1-30-16-6-7-18(31-2)17(15-16)21-20(22(27)19-5-3-12-33-19)23(28)24(29)26(21)9-4-8-25-10-13-32-14-11-25/h3,5-7,12,15,21,28H,4,8-11,13-14H2,1-2H3/t21-/m1/s1. The number of hydrogen-bond donors (Lipinski definition) is 1. The maximum atomic E-state index is 13.3. The molecule has 1 fully saturated rings. The number of hydrogen-bond acceptors (Lipinski definition) is 8. The molecule has 2 aromatic rings. The van der Waals surface area contributed by atoms with Gasteiger partial charge in [0.15, 0.2) is 11.5 Å². The SMILES string of the molecule is COc1ccc(OC)c([C@@H]2C(C(=O)c3ccco3)=C(O)C(=O)N2CCCN2CCOCC2)c1. The number of ketones is 1. The van der Waals surface area contributed by atoms with Gasteiger partial charge in [-0.2, -0.15) is 0 Å². The van der Waals surface area contributed by atoms with Crippen LogP contribution in [0.1, 0.15) is 28.6 Å². The Hall–Kier alpha value is -3.30. The van der Waals surface area contributed by atoms with Crippen LogP contribution in [0.15, 0.2) is 52.3 Å². The number of nitrogens with zero attached hydrogens (tertiary/aromatic N) is 2. The van der Waals surface area contributed by atoms with Crippen LogP contribution in [0.4, 0.5) is 0 Å². The quantitative estimate of drug-likeness (QED) is 0.575. The minimum absolute atomic E-state index is 0.0344. The van der Waals surface area contributed by atoms with Crippen molar-refractivity contribution in [1.29, 1.82) is 0 Å². The van der Waals surface area contributed by atoms with Crippen molar-refractivity contribution >= 4 is 11.7 Å². The number of carbonyl (C=O) groups excluding carboxylic acids is 2. The minimum Gasteiger partial charge on any atom is -0.503 e. The van der Waals surface area contributed by atoms with E-state index in [9.17, 15) is 14.7 Å². The molecule has 0 unspecified atom stereocenters. The van der Waals surface area contributed by atoms with Crippen molar-refractivity contribution in [3.8, 4) is 11.5 Å². The first kappa shape index (κ1) is 22.9. The smallest absolute Gasteiger partial charge is 0.290 e. The number of Topliss-reactive ketones (excluding diaryl/α,β-unsaturated/α-hetero) is 1. The van der Waals surface area contributed by atoms with Gasteiger partial charge < -0.3 is 28.6 Å². The van der Waals surface area contributed by atoms with E-state index in [-0.39, 0.29) is 11.3 Å². The lowest BCUT2D eigenvalue weighted by Crippen LogP contribution is -2.39. The first-order valence-electron chi connectivity index (χ1n) is 10.9. The molecule has 0 bridgehead atoms. The molecule has 1 amide bonds. The van der Waals surface area contributed by atoms with Gasteiger partial charge in [-0.15, -0.1) is 0 Å². The highest BCUT2D eigenvalue weighted by Crippen LogP contribution is 2.43. The molecule has 1 saturated heterocycles. The average molecular weight is 456 g/mol. The van der Waals surface area contributed by atoms with Crippen LogP contribution in [-0.2, 0) is 9.53 Å². The summed E-state index contributed by atoms with van der Waals surface area (Å²) in [4.78, 5) is 30.2. The fraction of sp³-hybridized carbons (Fsp3) is 0.417. The lowest BCUT2D eigenvalue weighted by atomic mass is 9.94. The summed E-state index contributed by atoms with van der Waals surface area (Å²) in [5.74, 6) is -0.642. The fourth-order valence-corrected chi connectivity index (χ4v) is 4.32. The summed E-state index contributed by atoms with van der Waals surface area (Å²) in [6, 6.07) is 7.43. The molecule has 0 aliphatic carbocycles. The fourth-order valence-electron chi connectivity index (χ4n) is 4.32. The van der Waals surface area contributed by atoms with Crippen LogP contribution < -0.4 is 9.47 Å². The Morgan fingerprint density at radius 3 is 2.61 bits per heavy atom. The van der Waals surface area contributed by atoms with E-state index < -0.39 is 23.5 Å². The topological polar surface area (TPSA) is 102 Å². The third-order valence-electron chi connectivity index (χ3n) is 6.00. The Morgan fingerprint density at radius 2 is 1.94 bits per heavy atom. The van der Waals surface area contributed by atoms with Crippen molar-refractivity contribution in [2.24, 2.45) is 0 Å². The van der Waals surface area contributed by atoms with Gasteiger partial charge in [-0.05, 0) is 36.8 Å². The van der Waals surface area contributed by atoms with E-state index >= 15 is 0 Å². The Bertz CT molecular complexity index is 1030. The summed E-state index contributed by atoms with van der Waals surface area (Å²) in [7, 11) is 3.05. The monoisotopic (exact) mass is 456 g/mol. The molecule has 4 rings (SSSR count). The summed E-state index contributed by atoms with van der Waals surface area (Å²) in [6.07, 6.45) is 2.05. The van der Waals surface area contributed by atoms with Gasteiger partial charge in [-0.1, -0.05) is 0 Å². The predicted molar refractivity (Wildman–Crippen MR) is 119 cm³/mol. The maximum Gasteiger partial charge on any atom is 0.290 e. The van der Waals surface area contributed by atoms with E-state index in [2.05, 4.69) is 4.90 Å². The number of furan rings is 1. The molecule has 1 aromatic carbocycles. The molecule has 9 heteroatoms. The Labute approximate surface area is 192 Å². The minimum atomic E-state index is -0.843. The van der Waals surface area contributed by atoms with Crippen molar-refractivity contribution in [3.63, 3.8) is 0 Å². The van der Waals surface area contributed by atoms with Gasteiger partial charge in [0.2, 0.25) is 5.78 Å². The molecular formula is C24H28N2O7. The van der Waals surface area contributed by atoms with Crippen molar-refractivity contribution in [2.75, 3.05) is 53.6 Å². The highest BCUT2D eigenvalue weighted by atomic mass is 16.5. The number of aliphatic hydroxyl groups is 1. The van der Waals surface area contributed by atoms with Crippen LogP contribution in [0.25, 0.3) is 0 Å². The number of methoxy groups -OCH3 is 2. The van der Waals surface area contributed by atoms with E-state index in [1.54, 1.807) is 24.3 Å². The normalized spacial score (nSPS) is 19.3. The predicted octanol–water partition coefficient (Wildman–Crippen LogP) is 2.60. The number of amides is 1. The lowest BCUT2D eigenvalue weighted by molar-refractivity contribution is -0.129. The van der Waals surface area contributed by atoms with Crippen LogP contribution in [0, 0.1) is 0 Å². The zero-order chi connectivity index (χ0) is 23.4. The summed E-state index contributed by atoms with van der Waals surface area (Å²) >= 11 is 0. The van der Waals surface area contributed by atoms with Gasteiger partial charge in [0.05, 0.1) is 45.3 Å². The molecule has 3 heterocycles. The van der Waals surface area contributed by atoms with E-state index in [1.165, 1.54) is 31.4 Å². The Kier molecular flexibility index (Phi) is 7.00.